The zero-order chi connectivity index (χ0) is 22.8. The van der Waals surface area contributed by atoms with Crippen LogP contribution in [0.15, 0.2) is 45.8 Å². The van der Waals surface area contributed by atoms with E-state index in [0.717, 1.165) is 39.8 Å². The van der Waals surface area contributed by atoms with Crippen LogP contribution in [0.1, 0.15) is 11.5 Å². The molecule has 0 spiro atoms. The Hall–Kier alpha value is -2.63. The summed E-state index contributed by atoms with van der Waals surface area (Å²) < 4.78 is 12.5. The lowest BCUT2D eigenvalue weighted by atomic mass is 10.3. The summed E-state index contributed by atoms with van der Waals surface area (Å²) in [6.07, 6.45) is 0. The Labute approximate surface area is 195 Å². The van der Waals surface area contributed by atoms with Gasteiger partial charge in [0.1, 0.15) is 18.1 Å². The van der Waals surface area contributed by atoms with Gasteiger partial charge in [-0.2, -0.15) is 11.8 Å². The van der Waals surface area contributed by atoms with Gasteiger partial charge in [0.05, 0.1) is 35.6 Å². The molecule has 1 aromatic carbocycles. The Morgan fingerprint density at radius 1 is 1.31 bits per heavy atom. The van der Waals surface area contributed by atoms with Gasteiger partial charge in [-0.15, -0.1) is 0 Å². The molecule has 9 nitrogen and oxygen atoms in total. The second-order valence-corrected chi connectivity index (χ2v) is 9.30. The number of benzene rings is 1. The first-order valence-electron chi connectivity index (χ1n) is 10.2. The third-order valence-electron chi connectivity index (χ3n) is 4.18. The van der Waals surface area contributed by atoms with Crippen LogP contribution in [0.4, 0.5) is 0 Å². The van der Waals surface area contributed by atoms with Crippen molar-refractivity contribution in [3.8, 4) is 5.19 Å². The number of thiazole rings is 1. The number of thioether (sulfide) groups is 1. The number of nitrogens with zero attached hydrogens (tertiary/aromatic N) is 4. The van der Waals surface area contributed by atoms with E-state index < -0.39 is 0 Å². The summed E-state index contributed by atoms with van der Waals surface area (Å²) in [7, 11) is 4.00. The lowest BCUT2D eigenvalue weighted by Gasteiger charge is -2.07. The Bertz CT molecular complexity index is 1000. The van der Waals surface area contributed by atoms with E-state index in [1.54, 1.807) is 11.8 Å². The van der Waals surface area contributed by atoms with Crippen LogP contribution >= 0.6 is 23.1 Å². The van der Waals surface area contributed by atoms with Crippen molar-refractivity contribution in [2.75, 3.05) is 46.1 Å². The number of nitrogens with one attached hydrogen (secondary N) is 1. The van der Waals surface area contributed by atoms with E-state index in [-0.39, 0.29) is 11.5 Å². The summed E-state index contributed by atoms with van der Waals surface area (Å²) in [6, 6.07) is 11.8. The maximum Gasteiger partial charge on any atom is 0.274 e. The van der Waals surface area contributed by atoms with Gasteiger partial charge in [0.25, 0.3) is 11.7 Å². The second kappa shape index (κ2) is 12.4. The molecule has 0 amide bonds. The van der Waals surface area contributed by atoms with Gasteiger partial charge in [-0.05, 0) is 38.4 Å². The summed E-state index contributed by atoms with van der Waals surface area (Å²) in [6.45, 7) is 1.69. The van der Waals surface area contributed by atoms with E-state index in [1.165, 1.54) is 11.3 Å². The predicted octanol–water partition coefficient (Wildman–Crippen LogP) is 3.53. The largest absolute Gasteiger partial charge is 0.468 e. The van der Waals surface area contributed by atoms with Gasteiger partial charge in [-0.25, -0.2) is 4.98 Å². The van der Waals surface area contributed by atoms with Crippen molar-refractivity contribution in [1.29, 1.82) is 0 Å². The maximum atomic E-state index is 10.9. The zero-order valence-corrected chi connectivity index (χ0v) is 19.8. The fourth-order valence-electron chi connectivity index (χ4n) is 2.85. The highest BCUT2D eigenvalue weighted by molar-refractivity contribution is 7.98. The highest BCUT2D eigenvalue weighted by Crippen LogP contribution is 2.27. The molecule has 0 radical (unpaired) electrons. The number of nitro groups is 1. The number of hydrogen-bond acceptors (Lipinski definition) is 9. The minimum absolute atomic E-state index is 0.335. The number of ether oxygens (including phenoxy) is 1. The zero-order valence-electron chi connectivity index (χ0n) is 18.2. The normalized spacial score (nSPS) is 11.9. The number of amidine groups is 1. The molecule has 3 aromatic rings. The summed E-state index contributed by atoms with van der Waals surface area (Å²) in [4.78, 5) is 21.4. The van der Waals surface area contributed by atoms with Crippen LogP contribution in [-0.2, 0) is 12.3 Å². The van der Waals surface area contributed by atoms with Crippen LogP contribution in [0.25, 0.3) is 10.2 Å². The molecule has 0 bridgehead atoms. The molecule has 32 heavy (non-hydrogen) atoms. The van der Waals surface area contributed by atoms with Gasteiger partial charge in [0, 0.05) is 10.7 Å². The number of fused-ring (bicyclic) bond motifs is 1. The van der Waals surface area contributed by atoms with Crippen LogP contribution in [0, 0.1) is 10.1 Å². The Balaban J connectivity index is 1.37. The monoisotopic (exact) mass is 477 g/mol. The van der Waals surface area contributed by atoms with E-state index in [2.05, 4.69) is 20.2 Å². The molecule has 0 fully saturated rings. The van der Waals surface area contributed by atoms with Gasteiger partial charge in [0.2, 0.25) is 0 Å². The first-order chi connectivity index (χ1) is 15.5. The minimum atomic E-state index is -0.386. The maximum absolute atomic E-state index is 10.9. The number of rotatable bonds is 13. The Morgan fingerprint density at radius 2 is 2.12 bits per heavy atom. The highest BCUT2D eigenvalue weighted by Gasteiger charge is 2.08. The van der Waals surface area contributed by atoms with Crippen molar-refractivity contribution in [1.82, 2.24) is 15.2 Å². The van der Waals surface area contributed by atoms with Crippen LogP contribution in [0.3, 0.4) is 0 Å². The molecule has 172 valence electrons. The van der Waals surface area contributed by atoms with E-state index in [9.17, 15) is 10.1 Å². The molecule has 0 saturated heterocycles. The fourth-order valence-corrected chi connectivity index (χ4v) is 4.41. The highest BCUT2D eigenvalue weighted by atomic mass is 32.2. The van der Waals surface area contributed by atoms with E-state index in [0.29, 0.717) is 30.7 Å². The number of aliphatic imine (C=N–C) groups is 1. The number of para-hydroxylation sites is 1. The molecule has 0 unspecified atom stereocenters. The number of hydrogen-bond donors (Lipinski definition) is 1. The van der Waals surface area contributed by atoms with Crippen molar-refractivity contribution < 1.29 is 14.1 Å². The first-order valence-corrected chi connectivity index (χ1v) is 12.1. The third kappa shape index (κ3) is 8.13. The SMILES string of the molecule is CN(C)Cc1ccc(CSCCN=C(C[N+](=O)[O-])NCCOc2nc3ccccc3s2)o1. The summed E-state index contributed by atoms with van der Waals surface area (Å²) in [5.41, 5.74) is 0.900. The first kappa shape index (κ1) is 24.0. The molecule has 2 aromatic heterocycles. The molecule has 2 heterocycles. The van der Waals surface area contributed by atoms with Gasteiger partial charge < -0.3 is 19.4 Å². The van der Waals surface area contributed by atoms with E-state index in [4.69, 9.17) is 9.15 Å². The van der Waals surface area contributed by atoms with Gasteiger partial charge in [-0.3, -0.25) is 15.1 Å². The molecular formula is C21H27N5O4S2. The molecule has 11 heteroatoms. The number of aromatic nitrogens is 1. The summed E-state index contributed by atoms with van der Waals surface area (Å²) in [5, 5.41) is 14.5. The average molecular weight is 478 g/mol. The van der Waals surface area contributed by atoms with E-state index >= 15 is 0 Å². The molecule has 0 aliphatic rings. The van der Waals surface area contributed by atoms with Crippen molar-refractivity contribution in [3.05, 3.63) is 58.0 Å². The predicted molar refractivity (Wildman–Crippen MR) is 130 cm³/mol. The summed E-state index contributed by atoms with van der Waals surface area (Å²) in [5.74, 6) is 3.71. The second-order valence-electron chi connectivity index (χ2n) is 7.20. The third-order valence-corrected chi connectivity index (χ3v) is 6.09. The van der Waals surface area contributed by atoms with Crippen LogP contribution in [0.5, 0.6) is 5.19 Å². The topological polar surface area (TPSA) is 106 Å². The molecular weight excluding hydrogens is 450 g/mol. The average Bonchev–Trinajstić information content (AvgIpc) is 3.36. The van der Waals surface area contributed by atoms with Crippen molar-refractivity contribution in [2.45, 2.75) is 12.3 Å². The standard InChI is InChI=1S/C21H27N5O4S2/c1-25(2)13-16-7-8-17(30-16)15-31-12-10-23-20(14-26(27)28)22-9-11-29-21-24-18-5-3-4-6-19(18)32-21/h3-8H,9-15H2,1-2H3,(H,22,23). The van der Waals surface area contributed by atoms with Crippen molar-refractivity contribution >= 4 is 39.2 Å². The summed E-state index contributed by atoms with van der Waals surface area (Å²) >= 11 is 3.16. The molecule has 0 saturated carbocycles. The van der Waals surface area contributed by atoms with Crippen LogP contribution in [-0.4, -0.2) is 66.7 Å². The molecule has 1 N–H and O–H groups in total. The van der Waals surface area contributed by atoms with Crippen LogP contribution in [0.2, 0.25) is 0 Å². The smallest absolute Gasteiger partial charge is 0.274 e. The van der Waals surface area contributed by atoms with E-state index in [1.807, 2.05) is 50.5 Å². The fraction of sp³-hybridized carbons (Fsp3) is 0.429. The lowest BCUT2D eigenvalue weighted by Crippen LogP contribution is -2.33. The molecule has 3 rings (SSSR count). The molecule has 0 atom stereocenters. The lowest BCUT2D eigenvalue weighted by molar-refractivity contribution is -0.463. The minimum Gasteiger partial charge on any atom is -0.468 e. The van der Waals surface area contributed by atoms with Gasteiger partial charge in [-0.1, -0.05) is 23.5 Å². The number of furan rings is 1. The van der Waals surface area contributed by atoms with Crippen LogP contribution < -0.4 is 10.1 Å². The molecule has 0 aliphatic carbocycles. The quantitative estimate of drug-likeness (QED) is 0.131. The molecule has 0 aliphatic heterocycles. The van der Waals surface area contributed by atoms with Gasteiger partial charge >= 0.3 is 0 Å². The van der Waals surface area contributed by atoms with Crippen molar-refractivity contribution in [3.63, 3.8) is 0 Å². The Morgan fingerprint density at radius 3 is 2.91 bits per heavy atom. The van der Waals surface area contributed by atoms with Gasteiger partial charge in [0.15, 0.2) is 5.84 Å². The Kier molecular flexibility index (Phi) is 9.32. The van der Waals surface area contributed by atoms with Crippen molar-refractivity contribution in [2.24, 2.45) is 4.99 Å².